The molecule has 27 heavy (non-hydrogen) atoms. The first-order chi connectivity index (χ1) is 12.9. The van der Waals surface area contributed by atoms with E-state index in [-0.39, 0.29) is 17.4 Å². The molecule has 1 aliphatic rings. The van der Waals surface area contributed by atoms with Crippen molar-refractivity contribution in [2.75, 3.05) is 0 Å². The minimum absolute atomic E-state index is 0.0548. The van der Waals surface area contributed by atoms with Crippen LogP contribution in [0.15, 0.2) is 49.1 Å². The lowest BCUT2D eigenvalue weighted by atomic mass is 9.93. The van der Waals surface area contributed by atoms with Crippen LogP contribution in [0.3, 0.4) is 0 Å². The van der Waals surface area contributed by atoms with Gasteiger partial charge < -0.3 is 14.9 Å². The maximum atomic E-state index is 12.0. The van der Waals surface area contributed by atoms with Gasteiger partial charge in [-0.3, -0.25) is 0 Å². The zero-order valence-corrected chi connectivity index (χ0v) is 16.8. The van der Waals surface area contributed by atoms with Gasteiger partial charge in [-0.05, 0) is 55.7 Å². The Morgan fingerprint density at radius 2 is 1.89 bits per heavy atom. The Morgan fingerprint density at radius 1 is 1.19 bits per heavy atom. The molecule has 1 aromatic heterocycles. The standard InChI is InChI=1S/C21H19BrN2O3/c1-10-8-17-19(11(2)12(3)21(26)27-17)20(25)18(10)16-9-15(23-24-16)13-4-6-14(22)7-5-13/h4-8,15,23,25H,9H2,1-3H3/t15-/m1/s1. The number of fused-ring (bicyclic) bond motifs is 1. The summed E-state index contributed by atoms with van der Waals surface area (Å²) in [6.45, 7) is 5.42. The molecule has 0 amide bonds. The van der Waals surface area contributed by atoms with E-state index in [0.29, 0.717) is 28.5 Å². The first-order valence-corrected chi connectivity index (χ1v) is 9.50. The Kier molecular flexibility index (Phi) is 4.30. The molecular weight excluding hydrogens is 408 g/mol. The molecule has 2 N–H and O–H groups in total. The van der Waals surface area contributed by atoms with Crippen LogP contribution in [0.4, 0.5) is 0 Å². The summed E-state index contributed by atoms with van der Waals surface area (Å²) in [5.41, 5.74) is 7.88. The number of aromatic hydroxyl groups is 1. The largest absolute Gasteiger partial charge is 0.506 e. The van der Waals surface area contributed by atoms with Crippen molar-refractivity contribution < 1.29 is 9.52 Å². The zero-order chi connectivity index (χ0) is 19.3. The predicted octanol–water partition coefficient (Wildman–Crippen LogP) is 4.63. The van der Waals surface area contributed by atoms with E-state index in [4.69, 9.17) is 4.42 Å². The molecule has 0 saturated carbocycles. The molecule has 0 spiro atoms. The van der Waals surface area contributed by atoms with Crippen LogP contribution in [-0.4, -0.2) is 10.8 Å². The van der Waals surface area contributed by atoms with E-state index < -0.39 is 0 Å². The van der Waals surface area contributed by atoms with Crippen molar-refractivity contribution in [3.8, 4) is 5.75 Å². The van der Waals surface area contributed by atoms with Gasteiger partial charge in [0.25, 0.3) is 0 Å². The SMILES string of the molecule is Cc1cc2oc(=O)c(C)c(C)c2c(O)c1C1=NN[C@@H](c2ccc(Br)cc2)C1. The highest BCUT2D eigenvalue weighted by Gasteiger charge is 2.26. The normalized spacial score (nSPS) is 16.4. The predicted molar refractivity (Wildman–Crippen MR) is 110 cm³/mol. The maximum absolute atomic E-state index is 12.0. The molecule has 0 radical (unpaired) electrons. The molecule has 0 saturated heterocycles. The zero-order valence-electron chi connectivity index (χ0n) is 15.3. The molecule has 3 aromatic rings. The summed E-state index contributed by atoms with van der Waals surface area (Å²) < 4.78 is 6.41. The summed E-state index contributed by atoms with van der Waals surface area (Å²) in [6, 6.07) is 9.96. The average molecular weight is 427 g/mol. The fraction of sp³-hybridized carbons (Fsp3) is 0.238. The minimum atomic E-state index is -0.373. The second-order valence-electron chi connectivity index (χ2n) is 6.93. The van der Waals surface area contributed by atoms with E-state index in [2.05, 4.69) is 38.6 Å². The fourth-order valence-electron chi connectivity index (χ4n) is 3.58. The van der Waals surface area contributed by atoms with E-state index in [0.717, 1.165) is 26.9 Å². The second kappa shape index (κ2) is 6.53. The maximum Gasteiger partial charge on any atom is 0.339 e. The molecule has 5 nitrogen and oxygen atoms in total. The number of rotatable bonds is 2. The minimum Gasteiger partial charge on any atom is -0.506 e. The van der Waals surface area contributed by atoms with Gasteiger partial charge in [-0.25, -0.2) is 4.79 Å². The van der Waals surface area contributed by atoms with Crippen LogP contribution >= 0.6 is 15.9 Å². The highest BCUT2D eigenvalue weighted by molar-refractivity contribution is 9.10. The molecule has 1 aliphatic heterocycles. The third-order valence-electron chi connectivity index (χ3n) is 5.22. The van der Waals surface area contributed by atoms with Crippen LogP contribution in [0, 0.1) is 20.8 Å². The van der Waals surface area contributed by atoms with Gasteiger partial charge in [0.05, 0.1) is 17.1 Å². The lowest BCUT2D eigenvalue weighted by Crippen LogP contribution is -2.10. The third kappa shape index (κ3) is 2.94. The molecule has 6 heteroatoms. The fourth-order valence-corrected chi connectivity index (χ4v) is 3.84. The molecule has 2 aromatic carbocycles. The molecule has 2 heterocycles. The molecule has 0 fully saturated rings. The smallest absolute Gasteiger partial charge is 0.339 e. The first kappa shape index (κ1) is 17.8. The van der Waals surface area contributed by atoms with Crippen LogP contribution in [-0.2, 0) is 0 Å². The van der Waals surface area contributed by atoms with Crippen LogP contribution in [0.1, 0.15) is 40.3 Å². The number of hydrogen-bond acceptors (Lipinski definition) is 5. The summed E-state index contributed by atoms with van der Waals surface area (Å²) in [5, 5.41) is 16.1. The van der Waals surface area contributed by atoms with E-state index in [1.165, 1.54) is 0 Å². The number of phenols is 1. The summed E-state index contributed by atoms with van der Waals surface area (Å²) in [6.07, 6.45) is 0.663. The number of phenolic OH excluding ortho intramolecular Hbond substituents is 1. The van der Waals surface area contributed by atoms with Crippen molar-refractivity contribution in [2.45, 2.75) is 33.2 Å². The first-order valence-electron chi connectivity index (χ1n) is 8.71. The molecular formula is C21H19BrN2O3. The highest BCUT2D eigenvalue weighted by Crippen LogP contribution is 2.37. The molecule has 0 unspecified atom stereocenters. The summed E-state index contributed by atoms with van der Waals surface area (Å²) in [4.78, 5) is 12.0. The Labute approximate surface area is 164 Å². The van der Waals surface area contributed by atoms with Crippen molar-refractivity contribution in [2.24, 2.45) is 5.10 Å². The number of hydrogen-bond donors (Lipinski definition) is 2. The van der Waals surface area contributed by atoms with Gasteiger partial charge in [-0.15, -0.1) is 0 Å². The van der Waals surface area contributed by atoms with Crippen LogP contribution in [0.2, 0.25) is 0 Å². The number of nitrogens with zero attached hydrogens (tertiary/aromatic N) is 1. The monoisotopic (exact) mass is 426 g/mol. The van der Waals surface area contributed by atoms with Crippen molar-refractivity contribution in [1.29, 1.82) is 0 Å². The van der Waals surface area contributed by atoms with Gasteiger partial charge in [0.1, 0.15) is 11.3 Å². The van der Waals surface area contributed by atoms with Gasteiger partial charge >= 0.3 is 5.63 Å². The molecule has 4 rings (SSSR count). The lowest BCUT2D eigenvalue weighted by Gasteiger charge is -2.14. The Morgan fingerprint density at radius 3 is 2.59 bits per heavy atom. The van der Waals surface area contributed by atoms with Crippen molar-refractivity contribution in [3.63, 3.8) is 0 Å². The quantitative estimate of drug-likeness (QED) is 0.585. The number of nitrogens with one attached hydrogen (secondary N) is 1. The van der Waals surface area contributed by atoms with E-state index in [1.54, 1.807) is 13.0 Å². The topological polar surface area (TPSA) is 74.8 Å². The Hall–Kier alpha value is -2.60. The van der Waals surface area contributed by atoms with Gasteiger partial charge in [-0.1, -0.05) is 28.1 Å². The lowest BCUT2D eigenvalue weighted by molar-refractivity contribution is 0.476. The Balaban J connectivity index is 1.78. The number of aryl methyl sites for hydroxylation is 2. The number of halogens is 1. The number of hydrazone groups is 1. The van der Waals surface area contributed by atoms with Gasteiger partial charge in [-0.2, -0.15) is 5.10 Å². The molecule has 0 bridgehead atoms. The molecule has 0 aliphatic carbocycles. The molecule has 138 valence electrons. The van der Waals surface area contributed by atoms with Crippen LogP contribution in [0.25, 0.3) is 11.0 Å². The average Bonchev–Trinajstić information content (AvgIpc) is 3.09. The summed E-state index contributed by atoms with van der Waals surface area (Å²) in [7, 11) is 0. The van der Waals surface area contributed by atoms with Gasteiger partial charge in [0.2, 0.25) is 0 Å². The second-order valence-corrected chi connectivity index (χ2v) is 7.84. The van der Waals surface area contributed by atoms with E-state index in [9.17, 15) is 9.90 Å². The van der Waals surface area contributed by atoms with Crippen LogP contribution < -0.4 is 11.1 Å². The van der Waals surface area contributed by atoms with Gasteiger partial charge in [0, 0.05) is 22.0 Å². The van der Waals surface area contributed by atoms with Crippen molar-refractivity contribution in [3.05, 3.63) is 73.0 Å². The highest BCUT2D eigenvalue weighted by atomic mass is 79.9. The van der Waals surface area contributed by atoms with E-state index in [1.807, 2.05) is 26.0 Å². The number of benzene rings is 2. The molecule has 1 atom stereocenters. The third-order valence-corrected chi connectivity index (χ3v) is 5.75. The van der Waals surface area contributed by atoms with Crippen LogP contribution in [0.5, 0.6) is 5.75 Å². The van der Waals surface area contributed by atoms with E-state index >= 15 is 0 Å². The summed E-state index contributed by atoms with van der Waals surface area (Å²) >= 11 is 3.45. The van der Waals surface area contributed by atoms with Crippen molar-refractivity contribution in [1.82, 2.24) is 5.43 Å². The summed E-state index contributed by atoms with van der Waals surface area (Å²) in [5.74, 6) is 0.117. The van der Waals surface area contributed by atoms with Gasteiger partial charge in [0.15, 0.2) is 0 Å². The van der Waals surface area contributed by atoms with Crippen molar-refractivity contribution >= 4 is 32.6 Å². The Bertz CT molecular complexity index is 1150.